The van der Waals surface area contributed by atoms with Gasteiger partial charge in [0, 0.05) is 17.9 Å². The summed E-state index contributed by atoms with van der Waals surface area (Å²) in [6.07, 6.45) is 6.50. The molecule has 2 aliphatic rings. The molecule has 0 aromatic rings. The van der Waals surface area contributed by atoms with Crippen molar-refractivity contribution in [3.05, 3.63) is 35.5 Å². The molecular formula is C15H20O4. The van der Waals surface area contributed by atoms with Crippen LogP contribution in [0.5, 0.6) is 0 Å². The van der Waals surface area contributed by atoms with Crippen molar-refractivity contribution < 1.29 is 19.7 Å². The Kier molecular flexibility index (Phi) is 4.56. The Labute approximate surface area is 113 Å². The molecule has 2 N–H and O–H groups in total. The van der Waals surface area contributed by atoms with Crippen molar-refractivity contribution >= 4 is 5.97 Å². The van der Waals surface area contributed by atoms with Crippen LogP contribution in [0, 0.1) is 5.92 Å². The fourth-order valence-corrected chi connectivity index (χ4v) is 2.62. The van der Waals surface area contributed by atoms with E-state index in [0.717, 1.165) is 24.0 Å². The number of allylic oxidation sites excluding steroid dienone is 2. The second-order valence-electron chi connectivity index (χ2n) is 5.09. The third kappa shape index (κ3) is 3.14. The normalized spacial score (nSPS) is 33.8. The number of hydrogen-bond acceptors (Lipinski definition) is 4. The van der Waals surface area contributed by atoms with Crippen molar-refractivity contribution in [1.29, 1.82) is 0 Å². The van der Waals surface area contributed by atoms with Gasteiger partial charge in [0.1, 0.15) is 6.10 Å². The number of aliphatic hydroxyl groups excluding tert-OH is 2. The zero-order chi connectivity index (χ0) is 13.8. The molecule has 0 amide bonds. The van der Waals surface area contributed by atoms with Gasteiger partial charge >= 0.3 is 5.97 Å². The van der Waals surface area contributed by atoms with Crippen LogP contribution in [0.15, 0.2) is 35.5 Å². The minimum Gasteiger partial charge on any atom is -0.458 e. The van der Waals surface area contributed by atoms with E-state index in [2.05, 4.69) is 6.58 Å². The molecule has 1 heterocycles. The molecule has 2 rings (SSSR count). The van der Waals surface area contributed by atoms with Crippen LogP contribution < -0.4 is 0 Å². The van der Waals surface area contributed by atoms with E-state index in [1.165, 1.54) is 0 Å². The summed E-state index contributed by atoms with van der Waals surface area (Å²) in [7, 11) is 0. The van der Waals surface area contributed by atoms with Crippen LogP contribution >= 0.6 is 0 Å². The fraction of sp³-hybridized carbons (Fsp3) is 0.533. The third-order valence-corrected chi connectivity index (χ3v) is 3.85. The smallest absolute Gasteiger partial charge is 0.334 e. The highest BCUT2D eigenvalue weighted by atomic mass is 16.6. The van der Waals surface area contributed by atoms with Crippen molar-refractivity contribution in [2.45, 2.75) is 31.8 Å². The van der Waals surface area contributed by atoms with Gasteiger partial charge in [-0.1, -0.05) is 18.7 Å². The van der Waals surface area contributed by atoms with Gasteiger partial charge in [-0.05, 0) is 30.4 Å². The third-order valence-electron chi connectivity index (χ3n) is 3.85. The first-order valence-electron chi connectivity index (χ1n) is 6.63. The van der Waals surface area contributed by atoms with Crippen molar-refractivity contribution in [3.8, 4) is 0 Å². The lowest BCUT2D eigenvalue weighted by molar-refractivity contribution is -0.139. The predicted molar refractivity (Wildman–Crippen MR) is 71.3 cm³/mol. The fourth-order valence-electron chi connectivity index (χ4n) is 2.62. The summed E-state index contributed by atoms with van der Waals surface area (Å²) >= 11 is 0. The van der Waals surface area contributed by atoms with Crippen LogP contribution in [-0.2, 0) is 9.53 Å². The van der Waals surface area contributed by atoms with E-state index in [1.54, 1.807) is 0 Å². The summed E-state index contributed by atoms with van der Waals surface area (Å²) in [6, 6.07) is 0. The topological polar surface area (TPSA) is 66.8 Å². The first-order valence-corrected chi connectivity index (χ1v) is 6.63. The molecule has 0 saturated carbocycles. The van der Waals surface area contributed by atoms with Crippen LogP contribution in [0.2, 0.25) is 0 Å². The number of ether oxygens (including phenoxy) is 1. The molecule has 1 aliphatic carbocycles. The summed E-state index contributed by atoms with van der Waals surface area (Å²) in [6.45, 7) is 3.81. The van der Waals surface area contributed by atoms with E-state index < -0.39 is 0 Å². The van der Waals surface area contributed by atoms with Gasteiger partial charge in [0.05, 0.1) is 13.2 Å². The summed E-state index contributed by atoms with van der Waals surface area (Å²) in [5.74, 6) is -0.396. The maximum absolute atomic E-state index is 11.6. The Morgan fingerprint density at radius 1 is 1.26 bits per heavy atom. The van der Waals surface area contributed by atoms with Crippen LogP contribution in [0.25, 0.3) is 0 Å². The predicted octanol–water partition coefficient (Wildman–Crippen LogP) is 1.50. The van der Waals surface area contributed by atoms with Gasteiger partial charge in [-0.15, -0.1) is 0 Å². The number of hydrogen-bond donors (Lipinski definition) is 2. The Hall–Kier alpha value is -1.39. The number of esters is 1. The lowest BCUT2D eigenvalue weighted by Gasteiger charge is -2.19. The Morgan fingerprint density at radius 2 is 2.00 bits per heavy atom. The largest absolute Gasteiger partial charge is 0.458 e. The second-order valence-corrected chi connectivity index (χ2v) is 5.09. The molecule has 1 aliphatic heterocycles. The van der Waals surface area contributed by atoms with Crippen molar-refractivity contribution in [2.75, 3.05) is 13.2 Å². The van der Waals surface area contributed by atoms with E-state index in [-0.39, 0.29) is 31.2 Å². The van der Waals surface area contributed by atoms with E-state index >= 15 is 0 Å². The molecule has 1 fully saturated rings. The Morgan fingerprint density at radius 3 is 2.68 bits per heavy atom. The molecule has 104 valence electrons. The molecule has 0 unspecified atom stereocenters. The van der Waals surface area contributed by atoms with Crippen LogP contribution in [-0.4, -0.2) is 35.5 Å². The quantitative estimate of drug-likeness (QED) is 0.450. The first-order chi connectivity index (χ1) is 9.15. The molecule has 0 radical (unpaired) electrons. The second kappa shape index (κ2) is 6.17. The molecular weight excluding hydrogens is 244 g/mol. The zero-order valence-corrected chi connectivity index (χ0v) is 11.0. The van der Waals surface area contributed by atoms with E-state index in [9.17, 15) is 15.0 Å². The van der Waals surface area contributed by atoms with E-state index in [0.29, 0.717) is 18.4 Å². The minimum absolute atomic E-state index is 0.0224. The van der Waals surface area contributed by atoms with Crippen molar-refractivity contribution in [3.63, 3.8) is 0 Å². The van der Waals surface area contributed by atoms with Crippen LogP contribution in [0.4, 0.5) is 0 Å². The molecule has 0 spiro atoms. The van der Waals surface area contributed by atoms with Gasteiger partial charge in [0.15, 0.2) is 0 Å². The van der Waals surface area contributed by atoms with Gasteiger partial charge in [0.25, 0.3) is 0 Å². The summed E-state index contributed by atoms with van der Waals surface area (Å²) in [4.78, 5) is 11.6. The summed E-state index contributed by atoms with van der Waals surface area (Å²) in [5, 5.41) is 18.6. The molecule has 1 saturated heterocycles. The number of carbonyl (C=O) groups is 1. The first kappa shape index (κ1) is 14.0. The lowest BCUT2D eigenvalue weighted by atomic mass is 9.87. The number of carbonyl (C=O) groups excluding carboxylic acids is 1. The maximum Gasteiger partial charge on any atom is 0.334 e. The molecule has 0 aromatic carbocycles. The number of fused-ring (bicyclic) bond motifs is 1. The summed E-state index contributed by atoms with van der Waals surface area (Å²) < 4.78 is 5.33. The molecule has 0 bridgehead atoms. The molecule has 4 heteroatoms. The van der Waals surface area contributed by atoms with Gasteiger partial charge in [-0.25, -0.2) is 4.79 Å². The van der Waals surface area contributed by atoms with E-state index in [1.807, 2.05) is 12.2 Å². The van der Waals surface area contributed by atoms with Crippen LogP contribution in [0.1, 0.15) is 25.7 Å². The molecule has 4 nitrogen and oxygen atoms in total. The standard InChI is InChI=1S/C15H20O4/c1-10-13-6-5-11(8-16)3-2-4-12(9-17)7-14(13)19-15(10)18/h4-5,13-14,16-17H,1-3,6-9H2/b11-5-,12-4-/t13-,14-/m0/s1. The average molecular weight is 264 g/mol. The summed E-state index contributed by atoms with van der Waals surface area (Å²) in [5.41, 5.74) is 2.34. The van der Waals surface area contributed by atoms with Gasteiger partial charge in [-0.2, -0.15) is 0 Å². The van der Waals surface area contributed by atoms with Gasteiger partial charge in [0.2, 0.25) is 0 Å². The Balaban J connectivity index is 2.24. The van der Waals surface area contributed by atoms with E-state index in [4.69, 9.17) is 4.74 Å². The molecule has 2 atom stereocenters. The lowest BCUT2D eigenvalue weighted by Crippen LogP contribution is -2.18. The van der Waals surface area contributed by atoms with Crippen molar-refractivity contribution in [1.82, 2.24) is 0 Å². The monoisotopic (exact) mass is 264 g/mol. The average Bonchev–Trinajstić information content (AvgIpc) is 2.68. The maximum atomic E-state index is 11.6. The number of aliphatic hydroxyl groups is 2. The number of rotatable bonds is 2. The molecule has 19 heavy (non-hydrogen) atoms. The highest BCUT2D eigenvalue weighted by Crippen LogP contribution is 2.34. The van der Waals surface area contributed by atoms with Crippen LogP contribution in [0.3, 0.4) is 0 Å². The van der Waals surface area contributed by atoms with Gasteiger partial charge in [-0.3, -0.25) is 0 Å². The minimum atomic E-state index is -0.342. The highest BCUT2D eigenvalue weighted by molar-refractivity contribution is 5.90. The SMILES string of the molecule is C=C1C(=O)O[C@H]2C/C(CO)=C/CC/C(CO)=C/C[C@@H]12. The highest BCUT2D eigenvalue weighted by Gasteiger charge is 2.38. The Bertz CT molecular complexity index is 433. The zero-order valence-electron chi connectivity index (χ0n) is 11.0. The molecule has 0 aromatic heterocycles. The van der Waals surface area contributed by atoms with Gasteiger partial charge < -0.3 is 14.9 Å². The van der Waals surface area contributed by atoms with Crippen molar-refractivity contribution in [2.24, 2.45) is 5.92 Å².